The Kier molecular flexibility index (Phi) is 10.8. The van der Waals surface area contributed by atoms with Gasteiger partial charge in [-0.25, -0.2) is 0 Å². The number of para-hydroxylation sites is 2. The van der Waals surface area contributed by atoms with E-state index < -0.39 is 29.6 Å². The van der Waals surface area contributed by atoms with Crippen molar-refractivity contribution in [1.29, 1.82) is 0 Å². The van der Waals surface area contributed by atoms with E-state index in [1.54, 1.807) is 0 Å². The first-order valence-electron chi connectivity index (χ1n) is 15.2. The van der Waals surface area contributed by atoms with Gasteiger partial charge in [-0.2, -0.15) is 25.3 Å². The summed E-state index contributed by atoms with van der Waals surface area (Å²) in [7, 11) is 0. The summed E-state index contributed by atoms with van der Waals surface area (Å²) in [6, 6.07) is 33.9. The van der Waals surface area contributed by atoms with Crippen molar-refractivity contribution in [2.45, 2.75) is 43.0 Å². The molecular formula is C37H38O6S2. The molecule has 0 N–H and O–H groups in total. The molecule has 0 aliphatic heterocycles. The van der Waals surface area contributed by atoms with Crippen molar-refractivity contribution in [3.63, 3.8) is 0 Å². The third-order valence-corrected chi connectivity index (χ3v) is 8.71. The predicted molar refractivity (Wildman–Crippen MR) is 182 cm³/mol. The van der Waals surface area contributed by atoms with Crippen LogP contribution in [0, 0.1) is 11.8 Å². The average molecular weight is 643 g/mol. The fraction of sp³-hybridized carbons (Fsp3) is 0.297. The molecule has 0 radical (unpaired) electrons. The van der Waals surface area contributed by atoms with Gasteiger partial charge in [-0.1, -0.05) is 98.8 Å². The van der Waals surface area contributed by atoms with Crippen molar-refractivity contribution in [1.82, 2.24) is 0 Å². The lowest BCUT2D eigenvalue weighted by molar-refractivity contribution is -0.223. The standard InChI is InChI=1S/C37H38O6S2/c1-25(44)29(21-23-40-27-13-5-3-6-14-27)35(38)42-37(33-19-11-9-17-31(33)32-18-10-12-20-34(32)37)43-36(39)30(26(2)45)22-24-41-28-15-7-4-8-16-28/h3-20,25-26,29-30,44-45H,21-24H2,1-2H3. The first-order chi connectivity index (χ1) is 21.8. The minimum atomic E-state index is -1.79. The molecule has 1 aliphatic rings. The number of fused-ring (bicyclic) bond motifs is 3. The van der Waals surface area contributed by atoms with Gasteiger partial charge in [0.15, 0.2) is 0 Å². The number of carbonyl (C=O) groups excluding carboxylic acids is 2. The Bertz CT molecular complexity index is 1460. The minimum absolute atomic E-state index is 0.287. The molecule has 234 valence electrons. The molecule has 0 heterocycles. The Hall–Kier alpha value is -3.88. The monoisotopic (exact) mass is 642 g/mol. The molecule has 5 rings (SSSR count). The Morgan fingerprint density at radius 3 is 1.31 bits per heavy atom. The zero-order chi connectivity index (χ0) is 31.8. The fourth-order valence-electron chi connectivity index (χ4n) is 5.58. The molecule has 8 heteroatoms. The highest BCUT2D eigenvalue weighted by Gasteiger charge is 2.52. The number of ether oxygens (including phenoxy) is 4. The number of benzene rings is 4. The number of hydrogen-bond acceptors (Lipinski definition) is 8. The maximum Gasteiger partial charge on any atom is 0.313 e. The van der Waals surface area contributed by atoms with E-state index in [1.165, 1.54) is 0 Å². The Labute approximate surface area is 275 Å². The molecule has 0 saturated heterocycles. The van der Waals surface area contributed by atoms with Gasteiger partial charge in [0.1, 0.15) is 11.5 Å². The first-order valence-corrected chi connectivity index (χ1v) is 16.2. The van der Waals surface area contributed by atoms with Gasteiger partial charge >= 0.3 is 17.7 Å². The van der Waals surface area contributed by atoms with Crippen molar-refractivity contribution in [3.8, 4) is 22.6 Å². The van der Waals surface area contributed by atoms with Crippen molar-refractivity contribution >= 4 is 37.2 Å². The van der Waals surface area contributed by atoms with Crippen LogP contribution in [0.25, 0.3) is 11.1 Å². The maximum atomic E-state index is 14.1. The molecule has 4 aromatic rings. The average Bonchev–Trinajstić information content (AvgIpc) is 3.31. The zero-order valence-corrected chi connectivity index (χ0v) is 27.2. The van der Waals surface area contributed by atoms with E-state index in [2.05, 4.69) is 25.3 Å². The summed E-state index contributed by atoms with van der Waals surface area (Å²) in [6.07, 6.45) is 0.720. The van der Waals surface area contributed by atoms with Crippen molar-refractivity contribution in [2.75, 3.05) is 13.2 Å². The Balaban J connectivity index is 1.42. The number of esters is 2. The second kappa shape index (κ2) is 14.9. The van der Waals surface area contributed by atoms with Gasteiger partial charge in [-0.15, -0.1) is 0 Å². The summed E-state index contributed by atoms with van der Waals surface area (Å²) < 4.78 is 24.6. The first kappa shape index (κ1) is 32.5. The molecule has 0 bridgehead atoms. The highest BCUT2D eigenvalue weighted by atomic mass is 32.1. The van der Waals surface area contributed by atoms with Gasteiger partial charge in [0.2, 0.25) is 0 Å². The normalized spacial score (nSPS) is 15.5. The second-order valence-electron chi connectivity index (χ2n) is 11.1. The van der Waals surface area contributed by atoms with Crippen LogP contribution in [0.5, 0.6) is 11.5 Å². The molecule has 4 atom stereocenters. The van der Waals surface area contributed by atoms with E-state index in [9.17, 15) is 9.59 Å². The largest absolute Gasteiger partial charge is 0.494 e. The summed E-state index contributed by atoms with van der Waals surface area (Å²) >= 11 is 9.27. The van der Waals surface area contributed by atoms with Gasteiger partial charge in [0.05, 0.1) is 25.0 Å². The van der Waals surface area contributed by atoms with E-state index in [0.29, 0.717) is 35.5 Å². The van der Waals surface area contributed by atoms with Gasteiger partial charge in [0, 0.05) is 21.6 Å². The van der Waals surface area contributed by atoms with E-state index in [4.69, 9.17) is 18.9 Å². The summed E-state index contributed by atoms with van der Waals surface area (Å²) in [4.78, 5) is 28.1. The van der Waals surface area contributed by atoms with E-state index in [1.807, 2.05) is 123 Å². The summed E-state index contributed by atoms with van der Waals surface area (Å²) in [6.45, 7) is 4.26. The molecule has 0 aromatic heterocycles. The van der Waals surface area contributed by atoms with Crippen molar-refractivity contribution in [3.05, 3.63) is 120 Å². The van der Waals surface area contributed by atoms with Gasteiger partial charge < -0.3 is 18.9 Å². The minimum Gasteiger partial charge on any atom is -0.494 e. The molecule has 0 saturated carbocycles. The van der Waals surface area contributed by atoms with Gasteiger partial charge in [-0.05, 0) is 48.2 Å². The molecule has 0 amide bonds. The molecule has 0 spiro atoms. The zero-order valence-electron chi connectivity index (χ0n) is 25.4. The molecule has 45 heavy (non-hydrogen) atoms. The van der Waals surface area contributed by atoms with Crippen LogP contribution in [0.4, 0.5) is 0 Å². The quantitative estimate of drug-likeness (QED) is 0.0833. The SMILES string of the molecule is CC(S)C(CCOc1ccccc1)C(=O)OC1(OC(=O)C(CCOc2ccccc2)C(C)S)c2ccccc2-c2ccccc21. The molecule has 4 aromatic carbocycles. The lowest BCUT2D eigenvalue weighted by Crippen LogP contribution is -2.42. The van der Waals surface area contributed by atoms with Crippen LogP contribution >= 0.6 is 25.3 Å². The van der Waals surface area contributed by atoms with Crippen LogP contribution in [0.15, 0.2) is 109 Å². The lowest BCUT2D eigenvalue weighted by atomic mass is 9.99. The third-order valence-electron chi connectivity index (χ3n) is 7.99. The fourth-order valence-corrected chi connectivity index (χ4v) is 6.12. The van der Waals surface area contributed by atoms with Crippen LogP contribution in [0.1, 0.15) is 37.8 Å². The summed E-state index contributed by atoms with van der Waals surface area (Å²) in [5, 5.41) is -0.700. The predicted octanol–water partition coefficient (Wildman–Crippen LogP) is 7.76. The van der Waals surface area contributed by atoms with Gasteiger partial charge in [0.25, 0.3) is 0 Å². The van der Waals surface area contributed by atoms with Crippen molar-refractivity contribution < 1.29 is 28.5 Å². The molecule has 4 unspecified atom stereocenters. The number of thiol groups is 2. The second-order valence-corrected chi connectivity index (χ2v) is 12.8. The smallest absolute Gasteiger partial charge is 0.313 e. The van der Waals surface area contributed by atoms with Crippen LogP contribution in [-0.2, 0) is 24.8 Å². The number of hydrogen-bond donors (Lipinski definition) is 2. The Morgan fingerprint density at radius 1 is 0.578 bits per heavy atom. The van der Waals surface area contributed by atoms with Crippen LogP contribution in [0.2, 0.25) is 0 Å². The topological polar surface area (TPSA) is 71.1 Å². The van der Waals surface area contributed by atoms with Crippen LogP contribution in [0.3, 0.4) is 0 Å². The lowest BCUT2D eigenvalue weighted by Gasteiger charge is -2.34. The third kappa shape index (κ3) is 7.51. The van der Waals surface area contributed by atoms with Crippen molar-refractivity contribution in [2.24, 2.45) is 11.8 Å². The van der Waals surface area contributed by atoms with E-state index >= 15 is 0 Å². The highest BCUT2D eigenvalue weighted by Crippen LogP contribution is 2.51. The van der Waals surface area contributed by atoms with Crippen LogP contribution < -0.4 is 9.47 Å². The Morgan fingerprint density at radius 2 is 0.933 bits per heavy atom. The molecule has 6 nitrogen and oxygen atoms in total. The number of rotatable bonds is 14. The van der Waals surface area contributed by atoms with E-state index in [-0.39, 0.29) is 23.7 Å². The van der Waals surface area contributed by atoms with Gasteiger partial charge in [-0.3, -0.25) is 9.59 Å². The highest BCUT2D eigenvalue weighted by molar-refractivity contribution is 7.81. The van der Waals surface area contributed by atoms with E-state index in [0.717, 1.165) is 11.1 Å². The summed E-state index contributed by atoms with van der Waals surface area (Å²) in [5.41, 5.74) is 2.84. The maximum absolute atomic E-state index is 14.1. The molecular weight excluding hydrogens is 605 g/mol. The molecule has 0 fully saturated rings. The van der Waals surface area contributed by atoms with Crippen LogP contribution in [-0.4, -0.2) is 35.7 Å². The number of carbonyl (C=O) groups is 2. The summed E-state index contributed by atoms with van der Waals surface area (Å²) in [5.74, 6) is -2.69. The molecule has 1 aliphatic carbocycles.